The molecule has 0 bridgehead atoms. The van der Waals surface area contributed by atoms with E-state index in [2.05, 4.69) is 5.32 Å². The molecule has 4 nitrogen and oxygen atoms in total. The Kier molecular flexibility index (Phi) is 3.17. The van der Waals surface area contributed by atoms with Crippen molar-refractivity contribution >= 4 is 11.9 Å². The van der Waals surface area contributed by atoms with E-state index >= 15 is 0 Å². The van der Waals surface area contributed by atoms with Gasteiger partial charge < -0.3 is 10.4 Å². The molecule has 2 rings (SSSR count). The Bertz CT molecular complexity index is 293. The molecule has 1 amide bonds. The lowest BCUT2D eigenvalue weighted by molar-refractivity contribution is -0.137. The Morgan fingerprint density at radius 3 is 2.44 bits per heavy atom. The molecule has 0 aliphatic heterocycles. The normalized spacial score (nSPS) is 32.9. The van der Waals surface area contributed by atoms with Crippen LogP contribution >= 0.6 is 0 Å². The fourth-order valence-corrected chi connectivity index (χ4v) is 2.76. The standard InChI is InChI=1S/C12H19NO3/c1-2-10(6-11(14)15)13-12(16)9-4-7-3-8(7)5-9/h7-10H,2-6H2,1H3,(H,13,16)(H,14,15). The molecule has 3 atom stereocenters. The zero-order valence-corrected chi connectivity index (χ0v) is 9.61. The smallest absolute Gasteiger partial charge is 0.305 e. The van der Waals surface area contributed by atoms with Gasteiger partial charge in [0.15, 0.2) is 0 Å². The summed E-state index contributed by atoms with van der Waals surface area (Å²) in [6.45, 7) is 1.90. The van der Waals surface area contributed by atoms with Crippen molar-refractivity contribution in [2.75, 3.05) is 0 Å². The van der Waals surface area contributed by atoms with Crippen LogP contribution in [0.5, 0.6) is 0 Å². The van der Waals surface area contributed by atoms with E-state index in [-0.39, 0.29) is 24.3 Å². The minimum absolute atomic E-state index is 0.0296. The molecule has 0 saturated heterocycles. The Hall–Kier alpha value is -1.06. The summed E-state index contributed by atoms with van der Waals surface area (Å²) >= 11 is 0. The summed E-state index contributed by atoms with van der Waals surface area (Å²) in [5.41, 5.74) is 0. The lowest BCUT2D eigenvalue weighted by atomic mass is 10.0. The molecule has 0 aromatic rings. The Morgan fingerprint density at radius 2 is 1.94 bits per heavy atom. The van der Waals surface area contributed by atoms with E-state index in [4.69, 9.17) is 5.11 Å². The van der Waals surface area contributed by atoms with Crippen LogP contribution < -0.4 is 5.32 Å². The maximum Gasteiger partial charge on any atom is 0.305 e. The summed E-state index contributed by atoms with van der Waals surface area (Å²) in [6, 6.07) is -0.207. The van der Waals surface area contributed by atoms with Gasteiger partial charge in [0.2, 0.25) is 5.91 Å². The SMILES string of the molecule is CCC(CC(=O)O)NC(=O)C1CC2CC2C1. The van der Waals surface area contributed by atoms with Crippen LogP contribution in [0.2, 0.25) is 0 Å². The first-order valence-electron chi connectivity index (χ1n) is 6.12. The largest absolute Gasteiger partial charge is 0.481 e. The molecule has 90 valence electrons. The number of aliphatic carboxylic acids is 1. The zero-order chi connectivity index (χ0) is 11.7. The third-order valence-electron chi connectivity index (χ3n) is 3.87. The number of hydrogen-bond donors (Lipinski definition) is 2. The number of carbonyl (C=O) groups is 2. The van der Waals surface area contributed by atoms with E-state index < -0.39 is 5.97 Å². The average molecular weight is 225 g/mol. The minimum Gasteiger partial charge on any atom is -0.481 e. The van der Waals surface area contributed by atoms with Crippen molar-refractivity contribution in [1.82, 2.24) is 5.32 Å². The predicted octanol–water partition coefficient (Wildman–Crippen LogP) is 1.40. The van der Waals surface area contributed by atoms with E-state index in [0.717, 1.165) is 24.7 Å². The van der Waals surface area contributed by atoms with Crippen LogP contribution in [0.15, 0.2) is 0 Å². The molecule has 2 N–H and O–H groups in total. The zero-order valence-electron chi connectivity index (χ0n) is 9.61. The highest BCUT2D eigenvalue weighted by Gasteiger charge is 2.48. The van der Waals surface area contributed by atoms with Crippen LogP contribution in [-0.4, -0.2) is 23.0 Å². The number of hydrogen-bond acceptors (Lipinski definition) is 2. The third kappa shape index (κ3) is 2.54. The Balaban J connectivity index is 1.78. The molecule has 4 heteroatoms. The van der Waals surface area contributed by atoms with Crippen LogP contribution in [0.4, 0.5) is 0 Å². The van der Waals surface area contributed by atoms with E-state index in [1.54, 1.807) is 0 Å². The van der Waals surface area contributed by atoms with Crippen molar-refractivity contribution in [3.8, 4) is 0 Å². The van der Waals surface area contributed by atoms with Crippen LogP contribution in [0.25, 0.3) is 0 Å². The summed E-state index contributed by atoms with van der Waals surface area (Å²) in [4.78, 5) is 22.4. The Morgan fingerprint density at radius 1 is 1.31 bits per heavy atom. The van der Waals surface area contributed by atoms with Gasteiger partial charge in [-0.15, -0.1) is 0 Å². The van der Waals surface area contributed by atoms with Crippen molar-refractivity contribution < 1.29 is 14.7 Å². The first kappa shape index (κ1) is 11.4. The summed E-state index contributed by atoms with van der Waals surface area (Å²) in [7, 11) is 0. The molecule has 0 spiro atoms. The second-order valence-corrected chi connectivity index (χ2v) is 5.14. The van der Waals surface area contributed by atoms with Crippen LogP contribution in [0, 0.1) is 17.8 Å². The van der Waals surface area contributed by atoms with Crippen LogP contribution in [-0.2, 0) is 9.59 Å². The molecule has 2 fully saturated rings. The number of carboxylic acids is 1. The quantitative estimate of drug-likeness (QED) is 0.743. The van der Waals surface area contributed by atoms with Gasteiger partial charge in [-0.3, -0.25) is 9.59 Å². The number of fused-ring (bicyclic) bond motifs is 1. The second kappa shape index (κ2) is 4.44. The Labute approximate surface area is 95.4 Å². The van der Waals surface area contributed by atoms with Gasteiger partial charge in [-0.05, 0) is 37.5 Å². The molecular weight excluding hydrogens is 206 g/mol. The maximum atomic E-state index is 11.9. The number of carbonyl (C=O) groups excluding carboxylic acids is 1. The highest BCUT2D eigenvalue weighted by Crippen LogP contribution is 2.54. The van der Waals surface area contributed by atoms with Crippen molar-refractivity contribution in [3.63, 3.8) is 0 Å². The molecule has 3 unspecified atom stereocenters. The van der Waals surface area contributed by atoms with E-state index in [0.29, 0.717) is 6.42 Å². The molecule has 2 saturated carbocycles. The molecule has 2 aliphatic rings. The summed E-state index contributed by atoms with van der Waals surface area (Å²) in [5, 5.41) is 11.6. The molecule has 16 heavy (non-hydrogen) atoms. The van der Waals surface area contributed by atoms with Gasteiger partial charge in [0.05, 0.1) is 6.42 Å². The maximum absolute atomic E-state index is 11.9. The van der Waals surface area contributed by atoms with Crippen LogP contribution in [0.1, 0.15) is 39.0 Å². The fraction of sp³-hybridized carbons (Fsp3) is 0.833. The van der Waals surface area contributed by atoms with Crippen molar-refractivity contribution in [2.45, 2.75) is 45.1 Å². The number of rotatable bonds is 5. The monoisotopic (exact) mass is 225 g/mol. The number of amides is 1. The van der Waals surface area contributed by atoms with Gasteiger partial charge in [-0.2, -0.15) is 0 Å². The highest BCUT2D eigenvalue weighted by molar-refractivity contribution is 5.80. The summed E-state index contributed by atoms with van der Waals surface area (Å²) < 4.78 is 0. The van der Waals surface area contributed by atoms with Gasteiger partial charge in [-0.25, -0.2) is 0 Å². The predicted molar refractivity (Wildman–Crippen MR) is 58.8 cm³/mol. The third-order valence-corrected chi connectivity index (χ3v) is 3.87. The van der Waals surface area contributed by atoms with E-state index in [1.165, 1.54) is 6.42 Å². The average Bonchev–Trinajstić information content (AvgIpc) is 2.84. The number of nitrogens with one attached hydrogen (secondary N) is 1. The van der Waals surface area contributed by atoms with Gasteiger partial charge in [0.1, 0.15) is 0 Å². The van der Waals surface area contributed by atoms with Crippen molar-refractivity contribution in [2.24, 2.45) is 17.8 Å². The van der Waals surface area contributed by atoms with Crippen LogP contribution in [0.3, 0.4) is 0 Å². The molecule has 0 radical (unpaired) electrons. The van der Waals surface area contributed by atoms with Crippen molar-refractivity contribution in [1.29, 1.82) is 0 Å². The van der Waals surface area contributed by atoms with Gasteiger partial charge >= 0.3 is 5.97 Å². The first-order valence-corrected chi connectivity index (χ1v) is 6.12. The van der Waals surface area contributed by atoms with Gasteiger partial charge in [0, 0.05) is 12.0 Å². The molecule has 0 heterocycles. The van der Waals surface area contributed by atoms with E-state index in [1.807, 2.05) is 6.92 Å². The number of carboxylic acid groups (broad SMARTS) is 1. The van der Waals surface area contributed by atoms with Gasteiger partial charge in [-0.1, -0.05) is 6.92 Å². The molecule has 0 aromatic carbocycles. The first-order chi connectivity index (χ1) is 7.60. The highest BCUT2D eigenvalue weighted by atomic mass is 16.4. The second-order valence-electron chi connectivity index (χ2n) is 5.14. The topological polar surface area (TPSA) is 66.4 Å². The van der Waals surface area contributed by atoms with Gasteiger partial charge in [0.25, 0.3) is 0 Å². The lowest BCUT2D eigenvalue weighted by Gasteiger charge is -2.18. The lowest BCUT2D eigenvalue weighted by Crippen LogP contribution is -2.39. The fourth-order valence-electron chi connectivity index (χ4n) is 2.76. The molecule has 2 aliphatic carbocycles. The minimum atomic E-state index is -0.846. The molecule has 0 aromatic heterocycles. The van der Waals surface area contributed by atoms with E-state index in [9.17, 15) is 9.59 Å². The summed E-state index contributed by atoms with van der Waals surface area (Å²) in [5.74, 6) is 0.943. The van der Waals surface area contributed by atoms with Crippen molar-refractivity contribution in [3.05, 3.63) is 0 Å². The summed E-state index contributed by atoms with van der Waals surface area (Å²) in [6.07, 6.45) is 4.04. The molecular formula is C12H19NO3.